The summed E-state index contributed by atoms with van der Waals surface area (Å²) < 4.78 is 9.31. The molecule has 0 aromatic heterocycles. The summed E-state index contributed by atoms with van der Waals surface area (Å²) in [6, 6.07) is 0. The standard InChI is InChI=1S/C4H10O2.BrH.Ni/c1-5-3-4-6-2;;/h3-4H2,1-2H3;1H;/q;;+1/p-1. The van der Waals surface area contributed by atoms with Gasteiger partial charge in [-0.2, -0.15) is 0 Å². The molecular formula is C4H10BrNiO2. The Hall–Kier alpha value is 0.894. The van der Waals surface area contributed by atoms with Crippen molar-refractivity contribution in [3.05, 3.63) is 0 Å². The van der Waals surface area contributed by atoms with Crippen molar-refractivity contribution in [2.24, 2.45) is 0 Å². The maximum absolute atomic E-state index is 4.66. The first-order chi connectivity index (χ1) is 3.91. The van der Waals surface area contributed by atoms with E-state index in [4.69, 9.17) is 0 Å². The molecule has 0 fully saturated rings. The van der Waals surface area contributed by atoms with E-state index in [1.54, 1.807) is 14.2 Å². The molecule has 0 aromatic carbocycles. The predicted octanol–water partition coefficient (Wildman–Crippen LogP) is 1.12. The molecule has 0 amide bonds. The maximum atomic E-state index is 4.66. The molecule has 0 saturated heterocycles. The van der Waals surface area contributed by atoms with Gasteiger partial charge in [-0.3, -0.25) is 0 Å². The Bertz CT molecular complexity index is 26.0. The van der Waals surface area contributed by atoms with Crippen LogP contribution in [-0.2, 0) is 23.2 Å². The second kappa shape index (κ2) is 15.7. The zero-order valence-corrected chi connectivity index (χ0v) is 7.50. The summed E-state index contributed by atoms with van der Waals surface area (Å²) in [6.07, 6.45) is 0. The zero-order valence-electron chi connectivity index (χ0n) is 4.92. The fraction of sp³-hybridized carbons (Fsp3) is 1.00. The van der Waals surface area contributed by atoms with E-state index in [0.29, 0.717) is 13.2 Å². The molecular weight excluding hydrogens is 219 g/mol. The molecule has 0 N–H and O–H groups in total. The van der Waals surface area contributed by atoms with Gasteiger partial charge in [0.1, 0.15) is 0 Å². The SMILES string of the molecule is COCCOC.[Ni][Br]. The van der Waals surface area contributed by atoms with Gasteiger partial charge < -0.3 is 9.47 Å². The van der Waals surface area contributed by atoms with Crippen molar-refractivity contribution in [1.29, 1.82) is 0 Å². The van der Waals surface area contributed by atoms with Gasteiger partial charge in [0.25, 0.3) is 0 Å². The summed E-state index contributed by atoms with van der Waals surface area (Å²) in [5.74, 6) is 0. The molecule has 0 spiro atoms. The van der Waals surface area contributed by atoms with Crippen LogP contribution in [0.1, 0.15) is 0 Å². The van der Waals surface area contributed by atoms with Gasteiger partial charge in [-0.05, 0) is 0 Å². The van der Waals surface area contributed by atoms with Gasteiger partial charge in [0, 0.05) is 14.2 Å². The van der Waals surface area contributed by atoms with Gasteiger partial charge in [0.05, 0.1) is 13.2 Å². The van der Waals surface area contributed by atoms with Gasteiger partial charge in [0.2, 0.25) is 0 Å². The van der Waals surface area contributed by atoms with E-state index in [2.05, 4.69) is 37.4 Å². The van der Waals surface area contributed by atoms with Crippen LogP contribution >= 0.6 is 14.2 Å². The average molecular weight is 229 g/mol. The first kappa shape index (κ1) is 11.7. The van der Waals surface area contributed by atoms with Crippen molar-refractivity contribution in [3.63, 3.8) is 0 Å². The predicted molar refractivity (Wildman–Crippen MR) is 32.7 cm³/mol. The summed E-state index contributed by atoms with van der Waals surface area (Å²) in [6.45, 7) is 1.38. The minimum absolute atomic E-state index is 0.691. The summed E-state index contributed by atoms with van der Waals surface area (Å²) in [7, 11) is 3.30. The van der Waals surface area contributed by atoms with Crippen LogP contribution in [0.3, 0.4) is 0 Å². The molecule has 0 atom stereocenters. The number of ether oxygens (including phenoxy) is 2. The van der Waals surface area contributed by atoms with Gasteiger partial charge in [-0.25, -0.2) is 0 Å². The van der Waals surface area contributed by atoms with Gasteiger partial charge in [0.15, 0.2) is 0 Å². The van der Waals surface area contributed by atoms with Crippen molar-refractivity contribution in [1.82, 2.24) is 0 Å². The summed E-state index contributed by atoms with van der Waals surface area (Å²) in [5, 5.41) is 0. The summed E-state index contributed by atoms with van der Waals surface area (Å²) >= 11 is 6.25. The van der Waals surface area contributed by atoms with Crippen molar-refractivity contribution in [2.45, 2.75) is 0 Å². The summed E-state index contributed by atoms with van der Waals surface area (Å²) in [4.78, 5) is 0. The van der Waals surface area contributed by atoms with Crippen LogP contribution in [-0.4, -0.2) is 27.4 Å². The second-order valence-corrected chi connectivity index (χ2v) is 0.986. The molecule has 0 rings (SSSR count). The Labute approximate surface area is 65.1 Å². The van der Waals surface area contributed by atoms with E-state index in [1.165, 1.54) is 0 Å². The van der Waals surface area contributed by atoms with Gasteiger partial charge in [-0.15, -0.1) is 0 Å². The minimum atomic E-state index is 0.691. The van der Waals surface area contributed by atoms with E-state index in [0.717, 1.165) is 0 Å². The van der Waals surface area contributed by atoms with Crippen molar-refractivity contribution in [2.75, 3.05) is 27.4 Å². The van der Waals surface area contributed by atoms with Crippen LogP contribution in [0.25, 0.3) is 0 Å². The van der Waals surface area contributed by atoms with Crippen LogP contribution in [0.2, 0.25) is 0 Å². The molecule has 0 heterocycles. The molecule has 2 nitrogen and oxygen atoms in total. The van der Waals surface area contributed by atoms with E-state index in [-0.39, 0.29) is 0 Å². The summed E-state index contributed by atoms with van der Waals surface area (Å²) in [5.41, 5.74) is 0. The number of hydrogen-bond donors (Lipinski definition) is 0. The van der Waals surface area contributed by atoms with Gasteiger partial charge >= 0.3 is 27.9 Å². The molecule has 4 heteroatoms. The molecule has 8 heavy (non-hydrogen) atoms. The topological polar surface area (TPSA) is 18.5 Å². The Morgan fingerprint density at radius 3 is 1.50 bits per heavy atom. The van der Waals surface area contributed by atoms with E-state index in [1.807, 2.05) is 0 Å². The third kappa shape index (κ3) is 15.8. The van der Waals surface area contributed by atoms with Crippen molar-refractivity contribution < 1.29 is 23.2 Å². The normalized spacial score (nSPS) is 7.62. The Morgan fingerprint density at radius 1 is 1.12 bits per heavy atom. The number of hydrogen-bond acceptors (Lipinski definition) is 2. The van der Waals surface area contributed by atoms with E-state index >= 15 is 0 Å². The Morgan fingerprint density at radius 2 is 1.38 bits per heavy atom. The Kier molecular flexibility index (Phi) is 22.8. The zero-order chi connectivity index (χ0) is 6.83. The average Bonchev–Trinajstić information content (AvgIpc) is 1.88. The third-order valence-corrected chi connectivity index (χ3v) is 0.492. The van der Waals surface area contributed by atoms with Crippen LogP contribution in [0, 0.1) is 0 Å². The van der Waals surface area contributed by atoms with Crippen LogP contribution < -0.4 is 0 Å². The Balaban J connectivity index is 0. The fourth-order valence-electron chi connectivity index (χ4n) is 0.167. The third-order valence-electron chi connectivity index (χ3n) is 0.492. The molecule has 0 aromatic rings. The molecule has 0 unspecified atom stereocenters. The second-order valence-electron chi connectivity index (χ2n) is 0.986. The van der Waals surface area contributed by atoms with E-state index < -0.39 is 0 Å². The van der Waals surface area contributed by atoms with Crippen molar-refractivity contribution >= 4 is 14.2 Å². The molecule has 0 aliphatic heterocycles. The van der Waals surface area contributed by atoms with Crippen molar-refractivity contribution in [3.8, 4) is 0 Å². The van der Waals surface area contributed by atoms with Crippen LogP contribution in [0.15, 0.2) is 0 Å². The molecule has 0 aliphatic rings. The van der Waals surface area contributed by atoms with E-state index in [9.17, 15) is 0 Å². The van der Waals surface area contributed by atoms with Crippen LogP contribution in [0.5, 0.6) is 0 Å². The van der Waals surface area contributed by atoms with Crippen LogP contribution in [0.4, 0.5) is 0 Å². The first-order valence-corrected chi connectivity index (χ1v) is 4.45. The molecule has 0 saturated carbocycles. The number of methoxy groups -OCH3 is 2. The molecule has 0 bridgehead atoms. The fourth-order valence-corrected chi connectivity index (χ4v) is 0.167. The molecule has 55 valence electrons. The van der Waals surface area contributed by atoms with Gasteiger partial charge in [-0.1, -0.05) is 0 Å². The molecule has 0 aliphatic carbocycles. The number of halogens is 1. The quantitative estimate of drug-likeness (QED) is 0.533. The number of rotatable bonds is 3. The molecule has 0 radical (unpaired) electrons. The first-order valence-electron chi connectivity index (χ1n) is 2.01. The monoisotopic (exact) mass is 227 g/mol.